The van der Waals surface area contributed by atoms with E-state index in [-0.39, 0.29) is 25.4 Å². The highest BCUT2D eigenvalue weighted by atomic mass is 16.7. The van der Waals surface area contributed by atoms with Gasteiger partial charge in [0.2, 0.25) is 13.2 Å². The van der Waals surface area contributed by atoms with E-state index in [1.54, 1.807) is 0 Å². The van der Waals surface area contributed by atoms with E-state index in [0.717, 1.165) is 41.0 Å². The lowest BCUT2D eigenvalue weighted by Gasteiger charge is -2.43. The maximum absolute atomic E-state index is 11.1. The van der Waals surface area contributed by atoms with E-state index in [2.05, 4.69) is 0 Å². The molecule has 2 N–H and O–H groups in total. The summed E-state index contributed by atoms with van der Waals surface area (Å²) in [5.41, 5.74) is 2.74. The standard InChI is InChI=1S/C24H31NO5/c1-24(2,3)30-23(27)25(13-16-7-5-4-6-8-16)20-11-9-18-17(19(20)14-26)10-12-21-22(18)29-15-28-21/h4-8,10,12,19-20,23,26-27H,9,11,13-15H2,1-3H3. The first-order valence-corrected chi connectivity index (χ1v) is 10.5. The fourth-order valence-electron chi connectivity index (χ4n) is 4.51. The molecule has 0 fully saturated rings. The molecule has 2 aromatic carbocycles. The molecule has 0 radical (unpaired) electrons. The zero-order valence-electron chi connectivity index (χ0n) is 17.9. The van der Waals surface area contributed by atoms with Gasteiger partial charge in [-0.15, -0.1) is 0 Å². The number of nitrogens with zero attached hydrogens (tertiary/aromatic N) is 1. The summed E-state index contributed by atoms with van der Waals surface area (Å²) in [4.78, 5) is 1.97. The predicted molar refractivity (Wildman–Crippen MR) is 113 cm³/mol. The van der Waals surface area contributed by atoms with Gasteiger partial charge >= 0.3 is 0 Å². The molecule has 2 aliphatic rings. The summed E-state index contributed by atoms with van der Waals surface area (Å²) in [5.74, 6) is 1.40. The minimum atomic E-state index is -1.08. The Hall–Kier alpha value is -2.12. The number of benzene rings is 2. The van der Waals surface area contributed by atoms with Gasteiger partial charge in [0, 0.05) is 24.1 Å². The second kappa shape index (κ2) is 8.55. The number of rotatable bonds is 6. The van der Waals surface area contributed by atoms with Crippen LogP contribution in [-0.4, -0.2) is 46.6 Å². The number of aliphatic hydroxyl groups is 2. The van der Waals surface area contributed by atoms with Crippen molar-refractivity contribution in [1.29, 1.82) is 0 Å². The van der Waals surface area contributed by atoms with Gasteiger partial charge in [-0.2, -0.15) is 0 Å². The Morgan fingerprint density at radius 3 is 2.60 bits per heavy atom. The molecule has 0 amide bonds. The first-order valence-electron chi connectivity index (χ1n) is 10.5. The molecule has 2 aromatic rings. The Balaban J connectivity index is 1.67. The second-order valence-electron chi connectivity index (χ2n) is 8.98. The van der Waals surface area contributed by atoms with Crippen LogP contribution >= 0.6 is 0 Å². The molecular weight excluding hydrogens is 382 g/mol. The molecule has 0 spiro atoms. The molecule has 162 valence electrons. The molecule has 1 heterocycles. The fourth-order valence-corrected chi connectivity index (χ4v) is 4.51. The molecule has 0 aromatic heterocycles. The average molecular weight is 414 g/mol. The minimum Gasteiger partial charge on any atom is -0.454 e. The van der Waals surface area contributed by atoms with Crippen molar-refractivity contribution in [1.82, 2.24) is 4.90 Å². The van der Waals surface area contributed by atoms with Gasteiger partial charge < -0.3 is 24.4 Å². The van der Waals surface area contributed by atoms with E-state index in [9.17, 15) is 10.2 Å². The lowest BCUT2D eigenvalue weighted by molar-refractivity contribution is -0.254. The van der Waals surface area contributed by atoms with E-state index in [0.29, 0.717) is 6.54 Å². The molecule has 4 rings (SSSR count). The van der Waals surface area contributed by atoms with Crippen molar-refractivity contribution in [2.75, 3.05) is 13.4 Å². The smallest absolute Gasteiger partial charge is 0.231 e. The third-order valence-corrected chi connectivity index (χ3v) is 5.81. The van der Waals surface area contributed by atoms with E-state index < -0.39 is 12.0 Å². The van der Waals surface area contributed by atoms with Crippen LogP contribution in [0, 0.1) is 0 Å². The Kier molecular flexibility index (Phi) is 6.02. The van der Waals surface area contributed by atoms with Crippen LogP contribution in [0.25, 0.3) is 0 Å². The molecule has 0 saturated heterocycles. The van der Waals surface area contributed by atoms with Crippen LogP contribution in [0.1, 0.15) is 49.8 Å². The number of hydrogen-bond donors (Lipinski definition) is 2. The summed E-state index contributed by atoms with van der Waals surface area (Å²) < 4.78 is 17.2. The fraction of sp³-hybridized carbons (Fsp3) is 0.500. The van der Waals surface area contributed by atoms with Crippen molar-refractivity contribution >= 4 is 0 Å². The van der Waals surface area contributed by atoms with Crippen molar-refractivity contribution in [3.05, 3.63) is 59.2 Å². The van der Waals surface area contributed by atoms with Crippen LogP contribution in [0.3, 0.4) is 0 Å². The van der Waals surface area contributed by atoms with Gasteiger partial charge in [-0.1, -0.05) is 36.4 Å². The molecule has 1 aliphatic carbocycles. The van der Waals surface area contributed by atoms with Crippen molar-refractivity contribution in [3.63, 3.8) is 0 Å². The first kappa shape index (κ1) is 21.1. The van der Waals surface area contributed by atoms with Crippen LogP contribution in [0.4, 0.5) is 0 Å². The molecule has 1 aliphatic heterocycles. The van der Waals surface area contributed by atoms with Crippen LogP contribution in [-0.2, 0) is 17.7 Å². The highest BCUT2D eigenvalue weighted by Crippen LogP contribution is 2.45. The van der Waals surface area contributed by atoms with E-state index in [1.165, 1.54) is 0 Å². The van der Waals surface area contributed by atoms with Gasteiger partial charge in [-0.25, -0.2) is 4.90 Å². The van der Waals surface area contributed by atoms with E-state index in [4.69, 9.17) is 14.2 Å². The maximum Gasteiger partial charge on any atom is 0.231 e. The Morgan fingerprint density at radius 1 is 1.13 bits per heavy atom. The lowest BCUT2D eigenvalue weighted by atomic mass is 9.78. The highest BCUT2D eigenvalue weighted by molar-refractivity contribution is 5.54. The van der Waals surface area contributed by atoms with E-state index in [1.807, 2.05) is 68.1 Å². The van der Waals surface area contributed by atoms with Gasteiger partial charge in [-0.05, 0) is 50.8 Å². The Morgan fingerprint density at radius 2 is 1.90 bits per heavy atom. The van der Waals surface area contributed by atoms with Gasteiger partial charge in [0.25, 0.3) is 0 Å². The molecule has 0 bridgehead atoms. The van der Waals surface area contributed by atoms with Crippen molar-refractivity contribution in [2.24, 2.45) is 0 Å². The maximum atomic E-state index is 11.1. The number of fused-ring (bicyclic) bond motifs is 3. The summed E-state index contributed by atoms with van der Waals surface area (Å²) in [6, 6.07) is 13.9. The first-order chi connectivity index (χ1) is 14.4. The average Bonchev–Trinajstić information content (AvgIpc) is 3.20. The van der Waals surface area contributed by atoms with Crippen LogP contribution in [0.15, 0.2) is 42.5 Å². The summed E-state index contributed by atoms with van der Waals surface area (Å²) in [6.45, 7) is 6.52. The quantitative estimate of drug-likeness (QED) is 0.708. The third-order valence-electron chi connectivity index (χ3n) is 5.81. The molecule has 3 unspecified atom stereocenters. The monoisotopic (exact) mass is 413 g/mol. The molecule has 30 heavy (non-hydrogen) atoms. The second-order valence-corrected chi connectivity index (χ2v) is 8.98. The number of aliphatic hydroxyl groups excluding tert-OH is 2. The van der Waals surface area contributed by atoms with Crippen LogP contribution in [0.2, 0.25) is 0 Å². The highest BCUT2D eigenvalue weighted by Gasteiger charge is 2.39. The Labute approximate surface area is 178 Å². The normalized spacial score (nSPS) is 21.5. The largest absolute Gasteiger partial charge is 0.454 e. The van der Waals surface area contributed by atoms with Crippen molar-refractivity contribution in [3.8, 4) is 11.5 Å². The van der Waals surface area contributed by atoms with Gasteiger partial charge in [0.15, 0.2) is 11.5 Å². The van der Waals surface area contributed by atoms with Gasteiger partial charge in [0.1, 0.15) is 0 Å². The van der Waals surface area contributed by atoms with Gasteiger partial charge in [0.05, 0.1) is 12.2 Å². The van der Waals surface area contributed by atoms with E-state index >= 15 is 0 Å². The molecule has 0 saturated carbocycles. The minimum absolute atomic E-state index is 0.0230. The van der Waals surface area contributed by atoms with Crippen LogP contribution < -0.4 is 9.47 Å². The summed E-state index contributed by atoms with van der Waals surface area (Å²) in [5, 5.41) is 21.4. The molecule has 6 nitrogen and oxygen atoms in total. The zero-order chi connectivity index (χ0) is 21.3. The summed E-state index contributed by atoms with van der Waals surface area (Å²) in [6.07, 6.45) is 0.478. The number of hydrogen-bond acceptors (Lipinski definition) is 6. The zero-order valence-corrected chi connectivity index (χ0v) is 17.9. The van der Waals surface area contributed by atoms with Crippen molar-refractivity contribution in [2.45, 2.75) is 64.1 Å². The van der Waals surface area contributed by atoms with Gasteiger partial charge in [-0.3, -0.25) is 0 Å². The van der Waals surface area contributed by atoms with Crippen molar-refractivity contribution < 1.29 is 24.4 Å². The summed E-state index contributed by atoms with van der Waals surface area (Å²) in [7, 11) is 0. The van der Waals surface area contributed by atoms with Crippen LogP contribution in [0.5, 0.6) is 11.5 Å². The lowest BCUT2D eigenvalue weighted by Crippen LogP contribution is -2.51. The summed E-state index contributed by atoms with van der Waals surface area (Å²) >= 11 is 0. The molecule has 3 atom stereocenters. The SMILES string of the molecule is CC(C)(C)OC(O)N(Cc1ccccc1)C1CCc2c(ccc3c2OCO3)C1CO. The number of ether oxygens (including phenoxy) is 3. The third kappa shape index (κ3) is 4.32. The topological polar surface area (TPSA) is 71.4 Å². The molecular formula is C24H31NO5. The molecule has 6 heteroatoms. The Bertz CT molecular complexity index is 864. The predicted octanol–water partition coefficient (Wildman–Crippen LogP) is 3.40.